The molecule has 9 heteroatoms. The van der Waals surface area contributed by atoms with E-state index in [2.05, 4.69) is 13.8 Å². The van der Waals surface area contributed by atoms with Crippen LogP contribution in [0.3, 0.4) is 0 Å². The van der Waals surface area contributed by atoms with Gasteiger partial charge in [-0.2, -0.15) is 0 Å². The average molecular weight is 549 g/mol. The minimum atomic E-state index is -1.32. The van der Waals surface area contributed by atoms with E-state index < -0.39 is 47.8 Å². The lowest BCUT2D eigenvalue weighted by Crippen LogP contribution is -2.66. The Morgan fingerprint density at radius 3 is 2.46 bits per heavy atom. The molecule has 9 nitrogen and oxygen atoms in total. The first kappa shape index (κ1) is 27.8. The molecule has 0 amide bonds. The molecule has 2 unspecified atom stereocenters. The second kappa shape index (κ2) is 9.61. The van der Waals surface area contributed by atoms with Crippen molar-refractivity contribution in [3.05, 3.63) is 34.4 Å². The fourth-order valence-electron chi connectivity index (χ4n) is 9.83. The molecule has 218 valence electrons. The van der Waals surface area contributed by atoms with E-state index in [0.29, 0.717) is 12.8 Å². The Kier molecular flexibility index (Phi) is 6.86. The molecule has 0 aromatic carbocycles. The number of aliphatic hydroxyl groups excluding tert-OH is 4. The molecule has 5 fully saturated rings. The molecule has 0 radical (unpaired) electrons. The molecule has 0 bridgehead atoms. The lowest BCUT2D eigenvalue weighted by Gasteiger charge is -2.65. The van der Waals surface area contributed by atoms with Gasteiger partial charge in [-0.1, -0.05) is 13.8 Å². The smallest absolute Gasteiger partial charge is 0.335 e. The summed E-state index contributed by atoms with van der Waals surface area (Å²) in [6, 6.07) is 3.24. The van der Waals surface area contributed by atoms with E-state index >= 15 is 0 Å². The van der Waals surface area contributed by atoms with Crippen LogP contribution in [0.1, 0.15) is 83.6 Å². The van der Waals surface area contributed by atoms with Crippen molar-refractivity contribution < 1.29 is 39.4 Å². The quantitative estimate of drug-likeness (QED) is 0.358. The van der Waals surface area contributed by atoms with Crippen LogP contribution >= 0.6 is 0 Å². The molecule has 5 aliphatic rings. The largest absolute Gasteiger partial charge is 0.431 e. The molecule has 6 rings (SSSR count). The number of aliphatic hydroxyl groups is 5. The van der Waals surface area contributed by atoms with E-state index in [1.165, 1.54) is 12.3 Å². The molecule has 1 saturated heterocycles. The van der Waals surface area contributed by atoms with Crippen molar-refractivity contribution in [3.63, 3.8) is 0 Å². The van der Waals surface area contributed by atoms with Gasteiger partial charge in [0.2, 0.25) is 0 Å². The zero-order valence-electron chi connectivity index (χ0n) is 23.1. The lowest BCUT2D eigenvalue weighted by molar-refractivity contribution is -0.311. The van der Waals surface area contributed by atoms with E-state index in [4.69, 9.17) is 13.9 Å². The molecule has 14 atom stereocenters. The van der Waals surface area contributed by atoms with Crippen LogP contribution < -0.4 is 5.63 Å². The molecule has 4 saturated carbocycles. The van der Waals surface area contributed by atoms with Gasteiger partial charge in [-0.05, 0) is 99.0 Å². The third-order valence-electron chi connectivity index (χ3n) is 12.0. The van der Waals surface area contributed by atoms with Gasteiger partial charge in [0.05, 0.1) is 30.2 Å². The van der Waals surface area contributed by atoms with Gasteiger partial charge in [0.25, 0.3) is 0 Å². The highest BCUT2D eigenvalue weighted by Gasteiger charge is 2.69. The third kappa shape index (κ3) is 4.10. The van der Waals surface area contributed by atoms with Crippen molar-refractivity contribution in [2.45, 2.75) is 127 Å². The fourth-order valence-corrected chi connectivity index (χ4v) is 9.83. The van der Waals surface area contributed by atoms with Crippen LogP contribution in [0.15, 0.2) is 27.6 Å². The minimum Gasteiger partial charge on any atom is -0.431 e. The van der Waals surface area contributed by atoms with Crippen molar-refractivity contribution in [1.29, 1.82) is 0 Å². The van der Waals surface area contributed by atoms with Gasteiger partial charge in [0.15, 0.2) is 6.29 Å². The first-order valence-electron chi connectivity index (χ1n) is 14.7. The SMILES string of the molecule is C[C@@H]1O[C@@H](O[C@H]2CC[C@@]3(C)[C@H](CCC4[C@@H]3C(O)C[C@]3(C)[C@@H](c5ccc(=O)oc5)CC[C@]43O)C2)[C@H](O)[C@H](O)[C@H]1O. The Balaban J connectivity index is 1.20. The highest BCUT2D eigenvalue weighted by Crippen LogP contribution is 2.70. The summed E-state index contributed by atoms with van der Waals surface area (Å²) in [7, 11) is 0. The van der Waals surface area contributed by atoms with E-state index in [1.54, 1.807) is 13.0 Å². The zero-order valence-corrected chi connectivity index (χ0v) is 23.1. The van der Waals surface area contributed by atoms with Gasteiger partial charge < -0.3 is 39.4 Å². The summed E-state index contributed by atoms with van der Waals surface area (Å²) in [5.41, 5.74) is -1.07. The summed E-state index contributed by atoms with van der Waals surface area (Å²) in [4.78, 5) is 11.6. The normalized spacial score (nSPS) is 53.5. The molecule has 2 heterocycles. The Hall–Kier alpha value is -1.33. The highest BCUT2D eigenvalue weighted by molar-refractivity contribution is 5.28. The molecule has 1 aromatic heterocycles. The van der Waals surface area contributed by atoms with Gasteiger partial charge in [0, 0.05) is 11.5 Å². The third-order valence-corrected chi connectivity index (χ3v) is 12.0. The molecular weight excluding hydrogens is 504 g/mol. The van der Waals surface area contributed by atoms with Crippen LogP contribution in [0, 0.1) is 28.6 Å². The van der Waals surface area contributed by atoms with E-state index in [0.717, 1.165) is 44.1 Å². The fraction of sp³-hybridized carbons (Fsp3) is 0.833. The summed E-state index contributed by atoms with van der Waals surface area (Å²) in [5.74, 6) is 0.243. The molecule has 0 spiro atoms. The van der Waals surface area contributed by atoms with Crippen LogP contribution in [-0.2, 0) is 9.47 Å². The van der Waals surface area contributed by atoms with Gasteiger partial charge in [-0.3, -0.25) is 0 Å². The standard InChI is InChI=1S/C30H44O9/c1-15-24(33)25(34)26(35)27(38-15)39-18-8-10-28(2)17(12-18)5-6-20-23(28)21(31)13-29(3)19(9-11-30(20,29)36)16-4-7-22(32)37-14-16/h4,7,14-15,17-21,23-27,31,33-36H,5-6,8-13H2,1-3H3/t15-,17+,18-,19+,20?,21?,23+,24-,25+,26+,27-,28-,29+,30-/m0/s1. The first-order valence-corrected chi connectivity index (χ1v) is 14.7. The molecule has 5 N–H and O–H groups in total. The number of rotatable bonds is 3. The van der Waals surface area contributed by atoms with Crippen LogP contribution in [0.25, 0.3) is 0 Å². The Labute approximate surface area is 229 Å². The Bertz CT molecular complexity index is 1100. The van der Waals surface area contributed by atoms with Crippen molar-refractivity contribution in [1.82, 2.24) is 0 Å². The highest BCUT2D eigenvalue weighted by atomic mass is 16.7. The monoisotopic (exact) mass is 548 g/mol. The lowest BCUT2D eigenvalue weighted by atomic mass is 9.42. The van der Waals surface area contributed by atoms with E-state index in [1.807, 2.05) is 0 Å². The van der Waals surface area contributed by atoms with Gasteiger partial charge >= 0.3 is 5.63 Å². The second-order valence-corrected chi connectivity index (χ2v) is 13.7. The predicted octanol–water partition coefficient (Wildman–Crippen LogP) is 2.06. The second-order valence-electron chi connectivity index (χ2n) is 13.7. The number of ether oxygens (including phenoxy) is 2. The molecule has 1 aromatic rings. The van der Waals surface area contributed by atoms with E-state index in [-0.39, 0.29) is 40.8 Å². The molecule has 1 aliphatic heterocycles. The van der Waals surface area contributed by atoms with Crippen molar-refractivity contribution >= 4 is 0 Å². The summed E-state index contributed by atoms with van der Waals surface area (Å²) >= 11 is 0. The van der Waals surface area contributed by atoms with Gasteiger partial charge in [-0.15, -0.1) is 0 Å². The molecule has 4 aliphatic carbocycles. The van der Waals surface area contributed by atoms with Crippen LogP contribution in [-0.4, -0.2) is 74.0 Å². The zero-order chi connectivity index (χ0) is 27.9. The molecule has 39 heavy (non-hydrogen) atoms. The van der Waals surface area contributed by atoms with Crippen molar-refractivity contribution in [3.8, 4) is 0 Å². The maximum atomic E-state index is 12.4. The van der Waals surface area contributed by atoms with Crippen LogP contribution in [0.2, 0.25) is 0 Å². The van der Waals surface area contributed by atoms with Gasteiger partial charge in [-0.25, -0.2) is 4.79 Å². The maximum Gasteiger partial charge on any atom is 0.335 e. The van der Waals surface area contributed by atoms with Crippen molar-refractivity contribution in [2.24, 2.45) is 28.6 Å². The van der Waals surface area contributed by atoms with Gasteiger partial charge in [0.1, 0.15) is 18.3 Å². The summed E-state index contributed by atoms with van der Waals surface area (Å²) in [5, 5.41) is 54.8. The number of fused-ring (bicyclic) bond motifs is 5. The summed E-state index contributed by atoms with van der Waals surface area (Å²) in [6.45, 7) is 6.03. The van der Waals surface area contributed by atoms with Crippen LogP contribution in [0.4, 0.5) is 0 Å². The predicted molar refractivity (Wildman–Crippen MR) is 140 cm³/mol. The van der Waals surface area contributed by atoms with Crippen molar-refractivity contribution in [2.75, 3.05) is 0 Å². The summed E-state index contributed by atoms with van der Waals surface area (Å²) in [6.07, 6.45) is 1.36. The topological polar surface area (TPSA) is 150 Å². The van der Waals surface area contributed by atoms with Crippen LogP contribution in [0.5, 0.6) is 0 Å². The maximum absolute atomic E-state index is 12.4. The molecular formula is C30H44O9. The van der Waals surface area contributed by atoms with E-state index in [9.17, 15) is 30.3 Å². The Morgan fingerprint density at radius 1 is 0.974 bits per heavy atom. The average Bonchev–Trinajstić information content (AvgIpc) is 3.17. The number of hydrogen-bond acceptors (Lipinski definition) is 9. The first-order chi connectivity index (χ1) is 18.4. The minimum absolute atomic E-state index is 0.00953. The Morgan fingerprint density at radius 2 is 1.74 bits per heavy atom. The number of hydrogen-bond donors (Lipinski definition) is 5. The summed E-state index contributed by atoms with van der Waals surface area (Å²) < 4.78 is 17.0.